The van der Waals surface area contributed by atoms with Crippen LogP contribution in [0.25, 0.3) is 0 Å². The third-order valence-corrected chi connectivity index (χ3v) is 4.41. The number of halogens is 1. The molecular weight excluding hydrogens is 344 g/mol. The Morgan fingerprint density at radius 1 is 1.14 bits per heavy atom. The fourth-order valence-electron chi connectivity index (χ4n) is 2.59. The topological polar surface area (TPSA) is 41.6 Å². The van der Waals surface area contributed by atoms with Crippen LogP contribution >= 0.6 is 15.9 Å². The number of nitrogens with zero attached hydrogens (tertiary/aromatic N) is 1. The van der Waals surface area contributed by atoms with Gasteiger partial charge in [0.25, 0.3) is 0 Å². The first kappa shape index (κ1) is 15.1. The van der Waals surface area contributed by atoms with Gasteiger partial charge in [-0.05, 0) is 23.8 Å². The minimum Gasteiger partial charge on any atom is -0.410 e. The monoisotopic (exact) mass is 360 g/mol. The van der Waals surface area contributed by atoms with Crippen LogP contribution < -0.4 is 10.1 Å². The van der Waals surface area contributed by atoms with Crippen molar-refractivity contribution in [2.45, 2.75) is 6.04 Å². The molecule has 22 heavy (non-hydrogen) atoms. The molecule has 1 atom stereocenters. The Morgan fingerprint density at radius 3 is 2.64 bits per heavy atom. The van der Waals surface area contributed by atoms with E-state index in [1.54, 1.807) is 17.0 Å². The van der Waals surface area contributed by atoms with Crippen LogP contribution in [-0.2, 0) is 0 Å². The van der Waals surface area contributed by atoms with Crippen molar-refractivity contribution in [1.29, 1.82) is 0 Å². The molecule has 2 aromatic carbocycles. The second kappa shape index (κ2) is 6.94. The Morgan fingerprint density at radius 2 is 1.86 bits per heavy atom. The first-order valence-corrected chi connectivity index (χ1v) is 8.03. The summed E-state index contributed by atoms with van der Waals surface area (Å²) in [5, 5.41) is 3.34. The van der Waals surface area contributed by atoms with Gasteiger partial charge in [0.05, 0.1) is 6.04 Å². The van der Waals surface area contributed by atoms with E-state index in [9.17, 15) is 4.79 Å². The second-order valence-corrected chi connectivity index (χ2v) is 5.97. The summed E-state index contributed by atoms with van der Waals surface area (Å²) in [5.41, 5.74) is 1.08. The van der Waals surface area contributed by atoms with E-state index in [4.69, 9.17) is 4.74 Å². The molecule has 1 saturated heterocycles. The van der Waals surface area contributed by atoms with Crippen molar-refractivity contribution < 1.29 is 9.53 Å². The van der Waals surface area contributed by atoms with Crippen molar-refractivity contribution in [3.8, 4) is 5.75 Å². The molecule has 3 rings (SSSR count). The van der Waals surface area contributed by atoms with E-state index in [0.717, 1.165) is 16.6 Å². The van der Waals surface area contributed by atoms with Crippen LogP contribution in [0.1, 0.15) is 11.6 Å². The fraction of sp³-hybridized carbons (Fsp3) is 0.235. The van der Waals surface area contributed by atoms with Crippen molar-refractivity contribution in [2.75, 3.05) is 19.6 Å². The number of carbonyl (C=O) groups is 1. The van der Waals surface area contributed by atoms with Gasteiger partial charge in [-0.1, -0.05) is 52.3 Å². The number of hydrogen-bond donors (Lipinski definition) is 1. The van der Waals surface area contributed by atoms with Gasteiger partial charge in [-0.25, -0.2) is 4.79 Å². The largest absolute Gasteiger partial charge is 0.415 e. The predicted octanol–water partition coefficient (Wildman–Crippen LogP) is 3.59. The number of amides is 1. The van der Waals surface area contributed by atoms with E-state index < -0.39 is 0 Å². The molecule has 1 amide bonds. The SMILES string of the molecule is O=C(Oc1ccccc1)N1CCNCC1c1ccccc1Br. The summed E-state index contributed by atoms with van der Waals surface area (Å²) in [6.45, 7) is 2.11. The highest BCUT2D eigenvalue weighted by molar-refractivity contribution is 9.10. The van der Waals surface area contributed by atoms with Crippen molar-refractivity contribution in [3.05, 3.63) is 64.6 Å². The number of ether oxygens (including phenoxy) is 1. The highest BCUT2D eigenvalue weighted by Gasteiger charge is 2.30. The lowest BCUT2D eigenvalue weighted by molar-refractivity contribution is 0.118. The summed E-state index contributed by atoms with van der Waals surface area (Å²) in [6, 6.07) is 17.1. The number of para-hydroxylation sites is 1. The van der Waals surface area contributed by atoms with Crippen LogP contribution in [-0.4, -0.2) is 30.6 Å². The molecule has 5 heteroatoms. The van der Waals surface area contributed by atoms with Crippen molar-refractivity contribution in [3.63, 3.8) is 0 Å². The van der Waals surface area contributed by atoms with E-state index in [1.807, 2.05) is 42.5 Å². The van der Waals surface area contributed by atoms with Gasteiger partial charge in [-0.15, -0.1) is 0 Å². The van der Waals surface area contributed by atoms with Crippen LogP contribution in [0.5, 0.6) is 5.75 Å². The number of rotatable bonds is 2. The Bertz CT molecular complexity index is 648. The summed E-state index contributed by atoms with van der Waals surface area (Å²) < 4.78 is 6.49. The quantitative estimate of drug-likeness (QED) is 0.889. The zero-order valence-electron chi connectivity index (χ0n) is 12.0. The average molecular weight is 361 g/mol. The molecule has 4 nitrogen and oxygen atoms in total. The lowest BCUT2D eigenvalue weighted by Gasteiger charge is -2.36. The van der Waals surface area contributed by atoms with E-state index in [1.165, 1.54) is 0 Å². The fourth-order valence-corrected chi connectivity index (χ4v) is 3.14. The van der Waals surface area contributed by atoms with Crippen LogP contribution in [0.2, 0.25) is 0 Å². The molecule has 0 bridgehead atoms. The van der Waals surface area contributed by atoms with Gasteiger partial charge in [-0.3, -0.25) is 4.90 Å². The smallest absolute Gasteiger partial charge is 0.410 e. The molecular formula is C17H17BrN2O2. The van der Waals surface area contributed by atoms with Gasteiger partial charge < -0.3 is 10.1 Å². The minimum atomic E-state index is -0.312. The molecule has 2 aromatic rings. The van der Waals surface area contributed by atoms with Gasteiger partial charge in [0, 0.05) is 24.1 Å². The van der Waals surface area contributed by atoms with E-state index >= 15 is 0 Å². The Balaban J connectivity index is 1.81. The zero-order chi connectivity index (χ0) is 15.4. The Kier molecular flexibility index (Phi) is 4.75. The highest BCUT2D eigenvalue weighted by Crippen LogP contribution is 2.29. The molecule has 1 aliphatic rings. The van der Waals surface area contributed by atoms with Crippen LogP contribution in [0.15, 0.2) is 59.1 Å². The molecule has 1 heterocycles. The van der Waals surface area contributed by atoms with Gasteiger partial charge in [0.15, 0.2) is 0 Å². The first-order valence-electron chi connectivity index (χ1n) is 7.24. The lowest BCUT2D eigenvalue weighted by Crippen LogP contribution is -2.49. The van der Waals surface area contributed by atoms with Crippen molar-refractivity contribution in [2.24, 2.45) is 0 Å². The molecule has 1 unspecified atom stereocenters. The number of piperazine rings is 1. The molecule has 0 spiro atoms. The minimum absolute atomic E-state index is 0.0412. The van der Waals surface area contributed by atoms with Crippen LogP contribution in [0, 0.1) is 0 Å². The first-order chi connectivity index (χ1) is 10.8. The summed E-state index contributed by atoms with van der Waals surface area (Å²) in [4.78, 5) is 14.3. The molecule has 1 N–H and O–H groups in total. The second-order valence-electron chi connectivity index (χ2n) is 5.12. The summed E-state index contributed by atoms with van der Waals surface area (Å²) in [7, 11) is 0. The standard InChI is InChI=1S/C17H17BrN2O2/c18-15-9-5-4-8-14(15)16-12-19-10-11-20(16)17(21)22-13-6-2-1-3-7-13/h1-9,16,19H,10-12H2. The number of nitrogens with one attached hydrogen (secondary N) is 1. The third-order valence-electron chi connectivity index (χ3n) is 3.69. The summed E-state index contributed by atoms with van der Waals surface area (Å²) >= 11 is 3.57. The van der Waals surface area contributed by atoms with Gasteiger partial charge >= 0.3 is 6.09 Å². The van der Waals surface area contributed by atoms with Gasteiger partial charge in [0.1, 0.15) is 5.75 Å². The summed E-state index contributed by atoms with van der Waals surface area (Å²) in [5.74, 6) is 0.567. The van der Waals surface area contributed by atoms with E-state index in [-0.39, 0.29) is 12.1 Å². The van der Waals surface area contributed by atoms with Gasteiger partial charge in [0.2, 0.25) is 0 Å². The highest BCUT2D eigenvalue weighted by atomic mass is 79.9. The Labute approximate surface area is 138 Å². The molecule has 0 aliphatic carbocycles. The van der Waals surface area contributed by atoms with Gasteiger partial charge in [-0.2, -0.15) is 0 Å². The molecule has 1 aliphatic heterocycles. The maximum atomic E-state index is 12.5. The third kappa shape index (κ3) is 3.31. The molecule has 114 valence electrons. The number of hydrogen-bond acceptors (Lipinski definition) is 3. The number of carbonyl (C=O) groups excluding carboxylic acids is 1. The molecule has 1 fully saturated rings. The molecule has 0 saturated carbocycles. The zero-order valence-corrected chi connectivity index (χ0v) is 13.6. The maximum absolute atomic E-state index is 12.5. The normalized spacial score (nSPS) is 18.0. The predicted molar refractivity (Wildman–Crippen MR) is 88.9 cm³/mol. The molecule has 0 radical (unpaired) electrons. The van der Waals surface area contributed by atoms with Crippen molar-refractivity contribution in [1.82, 2.24) is 10.2 Å². The van der Waals surface area contributed by atoms with Crippen LogP contribution in [0.3, 0.4) is 0 Å². The average Bonchev–Trinajstić information content (AvgIpc) is 2.56. The van der Waals surface area contributed by atoms with E-state index in [0.29, 0.717) is 18.8 Å². The van der Waals surface area contributed by atoms with Crippen molar-refractivity contribution >= 4 is 22.0 Å². The Hall–Kier alpha value is -1.85. The van der Waals surface area contributed by atoms with Crippen LogP contribution in [0.4, 0.5) is 4.79 Å². The maximum Gasteiger partial charge on any atom is 0.415 e. The van der Waals surface area contributed by atoms with E-state index in [2.05, 4.69) is 21.2 Å². The number of benzene rings is 2. The molecule has 0 aromatic heterocycles. The lowest BCUT2D eigenvalue weighted by atomic mass is 10.0. The summed E-state index contributed by atoms with van der Waals surface area (Å²) in [6.07, 6.45) is -0.312.